The minimum absolute atomic E-state index is 0.0326. The molecule has 17 heteroatoms. The van der Waals surface area contributed by atoms with Crippen molar-refractivity contribution in [3.05, 3.63) is 77.9 Å². The Balaban J connectivity index is 0.000000189. The summed E-state index contributed by atoms with van der Waals surface area (Å²) < 4.78 is 35.6. The van der Waals surface area contributed by atoms with E-state index in [2.05, 4.69) is 36.5 Å². The van der Waals surface area contributed by atoms with Crippen LogP contribution in [-0.2, 0) is 9.47 Å². The highest BCUT2D eigenvalue weighted by Gasteiger charge is 2.47. The molecule has 0 aliphatic carbocycles. The SMILES string of the molecule is C=Cc1ncccc1Oc1ncnc(OC2CC3CCC(C2)N3C(=O)OC(C)(C)C)c1C.Cc1c(Oc2cccnc2Cl)ncnc1OC1CC2CCC(C1)N2C(=O)OC(C)(C)C. The second-order valence-electron chi connectivity index (χ2n) is 18.3. The van der Waals surface area contributed by atoms with Crippen molar-refractivity contribution in [2.75, 3.05) is 0 Å². The zero-order valence-corrected chi connectivity index (χ0v) is 38.0. The number of aromatic nitrogens is 6. The molecule has 63 heavy (non-hydrogen) atoms. The van der Waals surface area contributed by atoms with Gasteiger partial charge in [-0.05, 0) is 111 Å². The van der Waals surface area contributed by atoms with Gasteiger partial charge in [0.2, 0.25) is 23.5 Å². The molecule has 2 amide bonds. The van der Waals surface area contributed by atoms with Crippen LogP contribution < -0.4 is 18.9 Å². The molecule has 0 aromatic carbocycles. The number of fused-ring (bicyclic) bond motifs is 4. The number of nitrogens with zero attached hydrogens (tertiary/aromatic N) is 8. The van der Waals surface area contributed by atoms with E-state index in [0.717, 1.165) is 51.4 Å². The Kier molecular flexibility index (Phi) is 13.6. The molecule has 336 valence electrons. The number of hydrogen-bond acceptors (Lipinski definition) is 14. The van der Waals surface area contributed by atoms with Crippen LogP contribution in [0, 0.1) is 13.8 Å². The summed E-state index contributed by atoms with van der Waals surface area (Å²) in [5, 5.41) is 0.258. The summed E-state index contributed by atoms with van der Waals surface area (Å²) in [6, 6.07) is 7.55. The van der Waals surface area contributed by atoms with Gasteiger partial charge in [-0.15, -0.1) is 0 Å². The molecule has 4 saturated heterocycles. The number of carbonyl (C=O) groups is 2. The van der Waals surface area contributed by atoms with Crippen LogP contribution in [0.25, 0.3) is 6.08 Å². The Hall–Kier alpha value is -5.77. The van der Waals surface area contributed by atoms with Crippen molar-refractivity contribution in [2.24, 2.45) is 0 Å². The van der Waals surface area contributed by atoms with Gasteiger partial charge in [-0.25, -0.2) is 34.5 Å². The number of amides is 2. The average Bonchev–Trinajstić information content (AvgIpc) is 3.66. The Morgan fingerprint density at radius 2 is 1.03 bits per heavy atom. The minimum Gasteiger partial charge on any atom is -0.474 e. The average molecular weight is 885 g/mol. The Morgan fingerprint density at radius 1 is 0.635 bits per heavy atom. The first kappa shape index (κ1) is 45.3. The molecule has 4 unspecified atom stereocenters. The number of hydrogen-bond donors (Lipinski definition) is 0. The minimum atomic E-state index is -0.504. The molecule has 0 spiro atoms. The number of piperidine rings is 2. The molecule has 0 radical (unpaired) electrons. The monoisotopic (exact) mass is 884 g/mol. The summed E-state index contributed by atoms with van der Waals surface area (Å²) in [7, 11) is 0. The summed E-state index contributed by atoms with van der Waals surface area (Å²) >= 11 is 6.09. The summed E-state index contributed by atoms with van der Waals surface area (Å²) in [5.74, 6) is 2.74. The molecule has 0 saturated carbocycles. The maximum atomic E-state index is 12.7. The molecule has 4 fully saturated rings. The number of pyridine rings is 2. The fourth-order valence-electron chi connectivity index (χ4n) is 8.57. The van der Waals surface area contributed by atoms with Crippen LogP contribution in [-0.4, -0.2) is 99.5 Å². The highest BCUT2D eigenvalue weighted by atomic mass is 35.5. The molecular formula is C46H57ClN8O8. The summed E-state index contributed by atoms with van der Waals surface area (Å²) in [4.78, 5) is 54.5. The van der Waals surface area contributed by atoms with Gasteiger partial charge in [0.1, 0.15) is 41.8 Å². The van der Waals surface area contributed by atoms with Crippen molar-refractivity contribution >= 4 is 29.9 Å². The largest absolute Gasteiger partial charge is 0.474 e. The maximum absolute atomic E-state index is 12.7. The van der Waals surface area contributed by atoms with E-state index >= 15 is 0 Å². The molecule has 4 aliphatic heterocycles. The van der Waals surface area contributed by atoms with E-state index in [4.69, 9.17) is 40.0 Å². The topological polar surface area (TPSA) is 173 Å². The van der Waals surface area contributed by atoms with Crippen molar-refractivity contribution in [3.8, 4) is 35.0 Å². The Labute approximate surface area is 373 Å². The first-order valence-corrected chi connectivity index (χ1v) is 21.9. The molecule has 4 atom stereocenters. The van der Waals surface area contributed by atoms with Gasteiger partial charge in [0.25, 0.3) is 0 Å². The number of ether oxygens (including phenoxy) is 6. The Bertz CT molecular complexity index is 2260. The maximum Gasteiger partial charge on any atom is 0.410 e. The van der Waals surface area contributed by atoms with Crippen molar-refractivity contribution in [3.63, 3.8) is 0 Å². The van der Waals surface area contributed by atoms with Gasteiger partial charge in [-0.2, -0.15) is 0 Å². The predicted molar refractivity (Wildman–Crippen MR) is 234 cm³/mol. The molecule has 4 aliphatic rings. The first-order valence-electron chi connectivity index (χ1n) is 21.5. The van der Waals surface area contributed by atoms with E-state index in [-0.39, 0.29) is 53.7 Å². The summed E-state index contributed by atoms with van der Waals surface area (Å²) in [6.07, 6.45) is 14.0. The quantitative estimate of drug-likeness (QED) is 0.145. The van der Waals surface area contributed by atoms with E-state index in [0.29, 0.717) is 51.8 Å². The fraction of sp³-hybridized carbons (Fsp3) is 0.522. The lowest BCUT2D eigenvalue weighted by atomic mass is 10.00. The normalized spacial score (nSPS) is 22.6. The fourth-order valence-corrected chi connectivity index (χ4v) is 8.73. The van der Waals surface area contributed by atoms with Crippen molar-refractivity contribution < 1.29 is 38.0 Å². The van der Waals surface area contributed by atoms with Gasteiger partial charge in [0, 0.05) is 62.2 Å². The number of halogens is 1. The molecule has 0 N–H and O–H groups in total. The molecule has 4 aromatic heterocycles. The first-order chi connectivity index (χ1) is 30.0. The highest BCUT2D eigenvalue weighted by molar-refractivity contribution is 6.30. The lowest BCUT2D eigenvalue weighted by molar-refractivity contribution is -0.00897. The van der Waals surface area contributed by atoms with Gasteiger partial charge in [-0.1, -0.05) is 18.2 Å². The van der Waals surface area contributed by atoms with Crippen LogP contribution in [0.15, 0.2) is 55.9 Å². The summed E-state index contributed by atoms with van der Waals surface area (Å²) in [5.41, 5.74) is 1.03. The number of carbonyl (C=O) groups excluding carboxylic acids is 2. The van der Waals surface area contributed by atoms with Crippen molar-refractivity contribution in [1.82, 2.24) is 39.7 Å². The number of rotatable bonds is 9. The molecular weight excluding hydrogens is 828 g/mol. The van der Waals surface area contributed by atoms with E-state index < -0.39 is 11.2 Å². The van der Waals surface area contributed by atoms with Gasteiger partial charge in [0.05, 0.1) is 11.1 Å². The van der Waals surface area contributed by atoms with Crippen LogP contribution in [0.3, 0.4) is 0 Å². The zero-order chi connectivity index (χ0) is 45.1. The third kappa shape index (κ3) is 11.1. The Morgan fingerprint density at radius 3 is 1.44 bits per heavy atom. The smallest absolute Gasteiger partial charge is 0.410 e. The molecule has 4 aromatic rings. The van der Waals surface area contributed by atoms with Gasteiger partial charge >= 0.3 is 12.2 Å². The highest BCUT2D eigenvalue weighted by Crippen LogP contribution is 2.41. The van der Waals surface area contributed by atoms with Gasteiger partial charge < -0.3 is 38.2 Å². The van der Waals surface area contributed by atoms with E-state index in [1.54, 1.807) is 36.7 Å². The third-order valence-electron chi connectivity index (χ3n) is 11.3. The van der Waals surface area contributed by atoms with Crippen LogP contribution in [0.5, 0.6) is 35.0 Å². The van der Waals surface area contributed by atoms with Crippen LogP contribution >= 0.6 is 11.6 Å². The van der Waals surface area contributed by atoms with Gasteiger partial charge in [-0.3, -0.25) is 4.98 Å². The standard InChI is InChI=1S/C24H30N4O4.C22H27ClN4O4/c1-6-19-20(8-7-11-25-19)31-22-15(2)21(26-14-27-22)30-18-12-16-9-10-17(13-18)28(16)23(29)32-24(3,4)5;1-13-19(25-12-26-20(13)30-17-6-5-9-24-18(17)23)29-16-10-14-7-8-15(11-16)27(14)21(28)31-22(2,3)4/h6-8,11,14,16-18H,1,9-10,12-13H2,2-5H3;5-6,9,12,14-16H,7-8,10-11H2,1-4H3. The van der Waals surface area contributed by atoms with Gasteiger partial charge in [0.15, 0.2) is 16.7 Å². The van der Waals surface area contributed by atoms with Crippen LogP contribution in [0.2, 0.25) is 5.15 Å². The van der Waals surface area contributed by atoms with Crippen molar-refractivity contribution in [2.45, 2.75) is 154 Å². The predicted octanol–water partition coefficient (Wildman–Crippen LogP) is 9.86. The van der Waals surface area contributed by atoms with E-state index in [9.17, 15) is 9.59 Å². The second-order valence-corrected chi connectivity index (χ2v) is 18.6. The van der Waals surface area contributed by atoms with Crippen molar-refractivity contribution in [1.29, 1.82) is 0 Å². The zero-order valence-electron chi connectivity index (χ0n) is 37.2. The summed E-state index contributed by atoms with van der Waals surface area (Å²) in [6.45, 7) is 18.8. The molecule has 4 bridgehead atoms. The molecule has 8 heterocycles. The third-order valence-corrected chi connectivity index (χ3v) is 11.5. The van der Waals surface area contributed by atoms with E-state index in [1.807, 2.05) is 71.3 Å². The van der Waals surface area contributed by atoms with Crippen LogP contribution in [0.1, 0.15) is 110 Å². The molecule has 8 rings (SSSR count). The lowest BCUT2D eigenvalue weighted by Gasteiger charge is -2.39. The molecule has 16 nitrogen and oxygen atoms in total. The lowest BCUT2D eigenvalue weighted by Crippen LogP contribution is -2.50. The van der Waals surface area contributed by atoms with E-state index in [1.165, 1.54) is 12.7 Å². The van der Waals surface area contributed by atoms with Crippen LogP contribution in [0.4, 0.5) is 9.59 Å². The second kappa shape index (κ2) is 18.9.